The van der Waals surface area contributed by atoms with Gasteiger partial charge >= 0.3 is 0 Å². The summed E-state index contributed by atoms with van der Waals surface area (Å²) in [5.74, 6) is 0.944. The highest BCUT2D eigenvalue weighted by molar-refractivity contribution is 5.01. The second kappa shape index (κ2) is 6.77. The third-order valence-electron chi connectivity index (χ3n) is 1.44. The first kappa shape index (κ1) is 11.1. The van der Waals surface area contributed by atoms with Gasteiger partial charge < -0.3 is 0 Å². The van der Waals surface area contributed by atoms with Crippen molar-refractivity contribution in [2.45, 2.75) is 40.5 Å². The van der Waals surface area contributed by atoms with Gasteiger partial charge in [-0.3, -0.25) is 0 Å². The Morgan fingerprint density at radius 2 is 1.83 bits per heavy atom. The fourth-order valence-electron chi connectivity index (χ4n) is 0.808. The molecule has 0 atom stereocenters. The molecule has 12 heavy (non-hydrogen) atoms. The largest absolute Gasteiger partial charge is 0.241 e. The molecule has 1 rings (SSSR count). The van der Waals surface area contributed by atoms with E-state index < -0.39 is 0 Å². The molecular weight excluding hydrogens is 148 g/mol. The van der Waals surface area contributed by atoms with Crippen molar-refractivity contribution in [3.05, 3.63) is 23.8 Å². The number of hydrogen-bond acceptors (Lipinski definition) is 2. The summed E-state index contributed by atoms with van der Waals surface area (Å²) in [6.45, 7) is 8.16. The molecule has 1 heterocycles. The summed E-state index contributed by atoms with van der Waals surface area (Å²) in [5, 5.41) is 0. The van der Waals surface area contributed by atoms with E-state index in [2.05, 4.69) is 23.8 Å². The molecule has 0 N–H and O–H groups in total. The Hall–Kier alpha value is -0.920. The van der Waals surface area contributed by atoms with Crippen LogP contribution in [0.15, 0.2) is 12.3 Å². The lowest BCUT2D eigenvalue weighted by Crippen LogP contribution is -1.95. The lowest BCUT2D eigenvalue weighted by atomic mass is 10.3. The number of rotatable bonds is 2. The molecule has 0 aliphatic heterocycles. The van der Waals surface area contributed by atoms with Gasteiger partial charge in [0.25, 0.3) is 0 Å². The van der Waals surface area contributed by atoms with Crippen LogP contribution in [0.3, 0.4) is 0 Å². The molecule has 0 radical (unpaired) electrons. The van der Waals surface area contributed by atoms with Crippen molar-refractivity contribution in [1.82, 2.24) is 9.97 Å². The van der Waals surface area contributed by atoms with Crippen molar-refractivity contribution in [2.24, 2.45) is 0 Å². The van der Waals surface area contributed by atoms with E-state index in [0.29, 0.717) is 0 Å². The summed E-state index contributed by atoms with van der Waals surface area (Å²) in [6, 6.07) is 1.96. The van der Waals surface area contributed by atoms with Crippen molar-refractivity contribution >= 4 is 0 Å². The van der Waals surface area contributed by atoms with Crippen LogP contribution in [0.25, 0.3) is 0 Å². The Bertz CT molecular complexity index is 189. The Morgan fingerprint density at radius 1 is 1.17 bits per heavy atom. The molecule has 0 aromatic carbocycles. The molecule has 0 bridgehead atoms. The maximum atomic E-state index is 4.30. The normalized spacial score (nSPS) is 8.67. The molecule has 1 aromatic heterocycles. The smallest absolute Gasteiger partial charge is 0.128 e. The third kappa shape index (κ3) is 3.46. The average molecular weight is 166 g/mol. The molecule has 0 amide bonds. The zero-order valence-corrected chi connectivity index (χ0v) is 8.46. The Labute approximate surface area is 75.1 Å². The van der Waals surface area contributed by atoms with Crippen LogP contribution < -0.4 is 0 Å². The second-order valence-electron chi connectivity index (χ2n) is 2.17. The fourth-order valence-corrected chi connectivity index (χ4v) is 0.808. The van der Waals surface area contributed by atoms with Gasteiger partial charge in [0.15, 0.2) is 0 Å². The van der Waals surface area contributed by atoms with Gasteiger partial charge in [-0.15, -0.1) is 0 Å². The SMILES string of the molecule is CC.CCc1ccnc(CC)n1. The van der Waals surface area contributed by atoms with E-state index in [0.717, 1.165) is 24.4 Å². The summed E-state index contributed by atoms with van der Waals surface area (Å²) in [5.41, 5.74) is 1.13. The van der Waals surface area contributed by atoms with Gasteiger partial charge in [-0.25, -0.2) is 9.97 Å². The minimum absolute atomic E-state index is 0.924. The van der Waals surface area contributed by atoms with Gasteiger partial charge in [0.1, 0.15) is 5.82 Å². The maximum absolute atomic E-state index is 4.30. The predicted molar refractivity (Wildman–Crippen MR) is 52.1 cm³/mol. The van der Waals surface area contributed by atoms with E-state index >= 15 is 0 Å². The molecule has 68 valence electrons. The van der Waals surface area contributed by atoms with Crippen LogP contribution >= 0.6 is 0 Å². The van der Waals surface area contributed by atoms with Gasteiger partial charge in [-0.05, 0) is 12.5 Å². The van der Waals surface area contributed by atoms with Crippen LogP contribution in [0.5, 0.6) is 0 Å². The molecule has 0 spiro atoms. The minimum Gasteiger partial charge on any atom is -0.241 e. The van der Waals surface area contributed by atoms with Crippen molar-refractivity contribution < 1.29 is 0 Å². The van der Waals surface area contributed by atoms with Gasteiger partial charge in [0.2, 0.25) is 0 Å². The molecule has 0 aliphatic carbocycles. The van der Waals surface area contributed by atoms with E-state index in [-0.39, 0.29) is 0 Å². The van der Waals surface area contributed by atoms with Crippen LogP contribution in [0.2, 0.25) is 0 Å². The predicted octanol–water partition coefficient (Wildman–Crippen LogP) is 2.63. The Morgan fingerprint density at radius 3 is 2.33 bits per heavy atom. The molecule has 2 heteroatoms. The summed E-state index contributed by atoms with van der Waals surface area (Å²) in [7, 11) is 0. The molecule has 2 nitrogen and oxygen atoms in total. The number of aryl methyl sites for hydroxylation is 2. The monoisotopic (exact) mass is 166 g/mol. The highest BCUT2D eigenvalue weighted by Gasteiger charge is 1.92. The first-order valence-corrected chi connectivity index (χ1v) is 4.67. The topological polar surface area (TPSA) is 25.8 Å². The number of nitrogens with zero attached hydrogens (tertiary/aromatic N) is 2. The molecule has 0 unspecified atom stereocenters. The lowest BCUT2D eigenvalue weighted by molar-refractivity contribution is 0.887. The van der Waals surface area contributed by atoms with Gasteiger partial charge in [-0.2, -0.15) is 0 Å². The average Bonchev–Trinajstić information content (AvgIpc) is 2.21. The first-order valence-electron chi connectivity index (χ1n) is 4.67. The molecule has 1 aromatic rings. The van der Waals surface area contributed by atoms with Crippen LogP contribution in [-0.2, 0) is 12.8 Å². The Kier molecular flexibility index (Phi) is 6.25. The zero-order valence-electron chi connectivity index (χ0n) is 8.46. The van der Waals surface area contributed by atoms with E-state index in [1.807, 2.05) is 26.1 Å². The van der Waals surface area contributed by atoms with Gasteiger partial charge in [0, 0.05) is 18.3 Å². The zero-order chi connectivity index (χ0) is 9.40. The summed E-state index contributed by atoms with van der Waals surface area (Å²) in [6.07, 6.45) is 3.74. The number of hydrogen-bond donors (Lipinski definition) is 0. The van der Waals surface area contributed by atoms with Crippen molar-refractivity contribution in [3.8, 4) is 0 Å². The number of aromatic nitrogens is 2. The molecule has 0 fully saturated rings. The highest BCUT2D eigenvalue weighted by Crippen LogP contribution is 1.95. The van der Waals surface area contributed by atoms with Crippen molar-refractivity contribution in [3.63, 3.8) is 0 Å². The molecule has 0 aliphatic rings. The minimum atomic E-state index is 0.924. The van der Waals surface area contributed by atoms with Gasteiger partial charge in [-0.1, -0.05) is 27.7 Å². The molecule has 0 saturated heterocycles. The van der Waals surface area contributed by atoms with E-state index in [1.54, 1.807) is 0 Å². The Balaban J connectivity index is 0.000000561. The summed E-state index contributed by atoms with van der Waals surface area (Å²) in [4.78, 5) is 8.39. The van der Waals surface area contributed by atoms with Crippen LogP contribution in [0.4, 0.5) is 0 Å². The maximum Gasteiger partial charge on any atom is 0.128 e. The van der Waals surface area contributed by atoms with Crippen molar-refractivity contribution in [1.29, 1.82) is 0 Å². The third-order valence-corrected chi connectivity index (χ3v) is 1.44. The quantitative estimate of drug-likeness (QED) is 0.675. The van der Waals surface area contributed by atoms with Crippen LogP contribution in [-0.4, -0.2) is 9.97 Å². The standard InChI is InChI=1S/C8H12N2.C2H6/c1-3-7-5-6-9-8(4-2)10-7;1-2/h5-6H,3-4H2,1-2H3;1-2H3. The second-order valence-corrected chi connectivity index (χ2v) is 2.17. The van der Waals surface area contributed by atoms with Crippen molar-refractivity contribution in [2.75, 3.05) is 0 Å². The van der Waals surface area contributed by atoms with Crippen LogP contribution in [0, 0.1) is 0 Å². The van der Waals surface area contributed by atoms with E-state index in [9.17, 15) is 0 Å². The highest BCUT2D eigenvalue weighted by atomic mass is 14.9. The van der Waals surface area contributed by atoms with E-state index in [4.69, 9.17) is 0 Å². The van der Waals surface area contributed by atoms with E-state index in [1.165, 1.54) is 0 Å². The van der Waals surface area contributed by atoms with Gasteiger partial charge in [0.05, 0.1) is 0 Å². The fraction of sp³-hybridized carbons (Fsp3) is 0.600. The summed E-state index contributed by atoms with van der Waals surface area (Å²) < 4.78 is 0. The molecule has 0 saturated carbocycles. The first-order chi connectivity index (χ1) is 5.86. The van der Waals surface area contributed by atoms with Crippen LogP contribution in [0.1, 0.15) is 39.2 Å². The lowest BCUT2D eigenvalue weighted by Gasteiger charge is -1.96. The summed E-state index contributed by atoms with van der Waals surface area (Å²) >= 11 is 0. The molecular formula is C10H18N2.